The fraction of sp³-hybridized carbons (Fsp3) is 0.733. The maximum atomic E-state index is 12.5. The van der Waals surface area contributed by atoms with E-state index in [1.165, 1.54) is 17.8 Å². The Morgan fingerprint density at radius 2 is 2.05 bits per heavy atom. The van der Waals surface area contributed by atoms with Gasteiger partial charge in [-0.25, -0.2) is 13.1 Å². The van der Waals surface area contributed by atoms with Crippen LogP contribution in [0.5, 0.6) is 0 Å². The van der Waals surface area contributed by atoms with Gasteiger partial charge in [0.1, 0.15) is 4.21 Å². The number of thiophene rings is 1. The van der Waals surface area contributed by atoms with E-state index in [9.17, 15) is 8.42 Å². The third kappa shape index (κ3) is 4.52. The minimum Gasteiger partial charge on any atom is -0.319 e. The van der Waals surface area contributed by atoms with Gasteiger partial charge in [0.25, 0.3) is 0 Å². The van der Waals surface area contributed by atoms with Gasteiger partial charge in [-0.05, 0) is 50.9 Å². The van der Waals surface area contributed by atoms with Gasteiger partial charge in [0.2, 0.25) is 10.0 Å². The first-order chi connectivity index (χ1) is 10.1. The van der Waals surface area contributed by atoms with E-state index in [0.29, 0.717) is 10.1 Å². The van der Waals surface area contributed by atoms with Crippen molar-refractivity contribution in [1.29, 1.82) is 0 Å². The first kappa shape index (κ1) is 16.9. The van der Waals surface area contributed by atoms with E-state index >= 15 is 0 Å². The minimum absolute atomic E-state index is 0.108. The number of likely N-dealkylation sites (N-methyl/N-ethyl adjacent to an activating group) is 1. The molecule has 1 aromatic heterocycles. The molecule has 2 unspecified atom stereocenters. The highest BCUT2D eigenvalue weighted by Crippen LogP contribution is 2.29. The number of hydrogen-bond acceptors (Lipinski definition) is 4. The summed E-state index contributed by atoms with van der Waals surface area (Å²) in [5, 5.41) is 3.08. The van der Waals surface area contributed by atoms with Gasteiger partial charge in [-0.3, -0.25) is 0 Å². The average molecular weight is 331 g/mol. The second-order valence-electron chi connectivity index (χ2n) is 5.75. The molecule has 1 aliphatic carbocycles. The summed E-state index contributed by atoms with van der Waals surface area (Å²) in [4.78, 5) is 1.11. The van der Waals surface area contributed by atoms with Crippen LogP contribution in [0.4, 0.5) is 0 Å². The molecule has 120 valence electrons. The number of nitrogens with one attached hydrogen (secondary N) is 2. The fourth-order valence-corrected chi connectivity index (χ4v) is 5.71. The highest BCUT2D eigenvalue weighted by atomic mass is 32.2. The monoisotopic (exact) mass is 330 g/mol. The predicted molar refractivity (Wildman–Crippen MR) is 88.3 cm³/mol. The number of rotatable bonds is 7. The van der Waals surface area contributed by atoms with E-state index in [4.69, 9.17) is 0 Å². The van der Waals surface area contributed by atoms with Gasteiger partial charge < -0.3 is 5.32 Å². The summed E-state index contributed by atoms with van der Waals surface area (Å²) in [6, 6.07) is 3.77. The largest absolute Gasteiger partial charge is 0.319 e. The topological polar surface area (TPSA) is 58.2 Å². The molecule has 2 rings (SSSR count). The fourth-order valence-electron chi connectivity index (χ4n) is 2.99. The Morgan fingerprint density at radius 1 is 1.29 bits per heavy atom. The smallest absolute Gasteiger partial charge is 0.250 e. The summed E-state index contributed by atoms with van der Waals surface area (Å²) >= 11 is 1.39. The molecule has 1 aromatic rings. The van der Waals surface area contributed by atoms with Crippen LogP contribution in [0.3, 0.4) is 0 Å². The van der Waals surface area contributed by atoms with Crippen molar-refractivity contribution in [3.63, 3.8) is 0 Å². The lowest BCUT2D eigenvalue weighted by Crippen LogP contribution is -2.41. The Labute approximate surface area is 132 Å². The molecule has 0 spiro atoms. The van der Waals surface area contributed by atoms with Crippen molar-refractivity contribution in [2.75, 3.05) is 13.6 Å². The van der Waals surface area contributed by atoms with Gasteiger partial charge in [-0.2, -0.15) is 0 Å². The van der Waals surface area contributed by atoms with Gasteiger partial charge in [-0.1, -0.05) is 26.2 Å². The third-order valence-electron chi connectivity index (χ3n) is 4.26. The Bertz CT molecular complexity index is 540. The molecule has 1 aliphatic rings. The molecule has 21 heavy (non-hydrogen) atoms. The van der Waals surface area contributed by atoms with E-state index in [-0.39, 0.29) is 6.04 Å². The van der Waals surface area contributed by atoms with Crippen LogP contribution in [0, 0.1) is 5.92 Å². The van der Waals surface area contributed by atoms with Crippen molar-refractivity contribution in [2.24, 2.45) is 5.92 Å². The molecule has 0 aromatic carbocycles. The van der Waals surface area contributed by atoms with Gasteiger partial charge >= 0.3 is 0 Å². The van der Waals surface area contributed by atoms with E-state index in [1.807, 2.05) is 13.1 Å². The lowest BCUT2D eigenvalue weighted by molar-refractivity contribution is 0.282. The normalized spacial score (nSPS) is 23.3. The molecule has 1 saturated carbocycles. The summed E-state index contributed by atoms with van der Waals surface area (Å²) in [5.41, 5.74) is 0. The van der Waals surface area contributed by atoms with Crippen LogP contribution in [-0.2, 0) is 16.4 Å². The SMILES string of the molecule is CCC1CCCCC1NS(=O)(=O)c1ccc(CCNC)s1. The van der Waals surface area contributed by atoms with Crippen molar-refractivity contribution < 1.29 is 8.42 Å². The van der Waals surface area contributed by atoms with Gasteiger partial charge in [0.15, 0.2) is 0 Å². The van der Waals surface area contributed by atoms with Crippen LogP contribution >= 0.6 is 11.3 Å². The zero-order valence-corrected chi connectivity index (χ0v) is 14.5. The van der Waals surface area contributed by atoms with E-state index < -0.39 is 10.0 Å². The molecule has 2 atom stereocenters. The summed E-state index contributed by atoms with van der Waals surface area (Å²) in [6.45, 7) is 3.02. The molecule has 1 fully saturated rings. The first-order valence-electron chi connectivity index (χ1n) is 7.82. The average Bonchev–Trinajstić information content (AvgIpc) is 2.95. The van der Waals surface area contributed by atoms with Crippen molar-refractivity contribution in [2.45, 2.75) is 55.7 Å². The Kier molecular flexibility index (Phi) is 6.22. The van der Waals surface area contributed by atoms with Crippen molar-refractivity contribution >= 4 is 21.4 Å². The molecule has 0 radical (unpaired) electrons. The molecule has 6 heteroatoms. The van der Waals surface area contributed by atoms with Crippen LogP contribution in [0.15, 0.2) is 16.3 Å². The molecular formula is C15H26N2O2S2. The van der Waals surface area contributed by atoms with Crippen LogP contribution in [0.1, 0.15) is 43.9 Å². The predicted octanol–water partition coefficient (Wildman–Crippen LogP) is 2.76. The number of hydrogen-bond donors (Lipinski definition) is 2. The van der Waals surface area contributed by atoms with E-state index in [0.717, 1.165) is 43.5 Å². The van der Waals surface area contributed by atoms with Crippen LogP contribution < -0.4 is 10.0 Å². The van der Waals surface area contributed by atoms with E-state index in [2.05, 4.69) is 17.0 Å². The molecule has 2 N–H and O–H groups in total. The van der Waals surface area contributed by atoms with Crippen LogP contribution in [0.2, 0.25) is 0 Å². The standard InChI is InChI=1S/C15H26N2O2S2/c1-3-12-6-4-5-7-14(12)17-21(18,19)15-9-8-13(20-15)10-11-16-2/h8-9,12,14,16-17H,3-7,10-11H2,1-2H3. The number of sulfonamides is 1. The first-order valence-corrected chi connectivity index (χ1v) is 10.1. The summed E-state index contributed by atoms with van der Waals surface area (Å²) in [5.74, 6) is 0.484. The molecule has 0 aliphatic heterocycles. The Hall–Kier alpha value is -0.430. The van der Waals surface area contributed by atoms with Gasteiger partial charge in [0, 0.05) is 10.9 Å². The quantitative estimate of drug-likeness (QED) is 0.808. The van der Waals surface area contributed by atoms with Crippen molar-refractivity contribution in [1.82, 2.24) is 10.0 Å². The lowest BCUT2D eigenvalue weighted by Gasteiger charge is -2.31. The van der Waals surface area contributed by atoms with Gasteiger partial charge in [0.05, 0.1) is 0 Å². The molecular weight excluding hydrogens is 304 g/mol. The van der Waals surface area contributed by atoms with Crippen LogP contribution in [-0.4, -0.2) is 28.1 Å². The summed E-state index contributed by atoms with van der Waals surface area (Å²) in [7, 11) is -1.46. The van der Waals surface area contributed by atoms with Gasteiger partial charge in [-0.15, -0.1) is 11.3 Å². The van der Waals surface area contributed by atoms with E-state index in [1.54, 1.807) is 6.07 Å². The summed E-state index contributed by atoms with van der Waals surface area (Å²) in [6.07, 6.45) is 6.38. The molecule has 0 amide bonds. The molecule has 0 saturated heterocycles. The molecule has 0 bridgehead atoms. The second kappa shape index (κ2) is 7.72. The van der Waals surface area contributed by atoms with Crippen molar-refractivity contribution in [3.05, 3.63) is 17.0 Å². The highest BCUT2D eigenvalue weighted by Gasteiger charge is 2.29. The maximum Gasteiger partial charge on any atom is 0.250 e. The molecule has 1 heterocycles. The van der Waals surface area contributed by atoms with Crippen LogP contribution in [0.25, 0.3) is 0 Å². The zero-order chi connectivity index (χ0) is 15.3. The van der Waals surface area contributed by atoms with Crippen molar-refractivity contribution in [3.8, 4) is 0 Å². The minimum atomic E-state index is -3.36. The zero-order valence-electron chi connectivity index (χ0n) is 12.9. The molecule has 4 nitrogen and oxygen atoms in total. The highest BCUT2D eigenvalue weighted by molar-refractivity contribution is 7.91. The Balaban J connectivity index is 2.05. The summed E-state index contributed by atoms with van der Waals surface area (Å²) < 4.78 is 28.5. The lowest BCUT2D eigenvalue weighted by atomic mass is 9.83. The Morgan fingerprint density at radius 3 is 2.76 bits per heavy atom. The maximum absolute atomic E-state index is 12.5. The second-order valence-corrected chi connectivity index (χ2v) is 8.86. The third-order valence-corrected chi connectivity index (χ3v) is 7.39.